The Hall–Kier alpha value is -0.850. The van der Waals surface area contributed by atoms with Crippen molar-refractivity contribution in [1.29, 1.82) is 0 Å². The molecule has 0 N–H and O–H groups in total. The van der Waals surface area contributed by atoms with Gasteiger partial charge in [0, 0.05) is 29.0 Å². The van der Waals surface area contributed by atoms with E-state index < -0.39 is 0 Å². The molecule has 0 saturated heterocycles. The highest BCUT2D eigenvalue weighted by molar-refractivity contribution is 8.02. The molecule has 106 valence electrons. The van der Waals surface area contributed by atoms with E-state index in [4.69, 9.17) is 0 Å². The van der Waals surface area contributed by atoms with Gasteiger partial charge in [0.15, 0.2) is 4.34 Å². The van der Waals surface area contributed by atoms with Crippen LogP contribution in [-0.2, 0) is 17.8 Å². The van der Waals surface area contributed by atoms with E-state index in [2.05, 4.69) is 16.4 Å². The maximum atomic E-state index is 12.5. The van der Waals surface area contributed by atoms with Crippen molar-refractivity contribution in [3.05, 3.63) is 33.0 Å². The molecule has 0 aliphatic carbocycles. The first kappa shape index (κ1) is 14.1. The van der Waals surface area contributed by atoms with Crippen molar-refractivity contribution in [3.63, 3.8) is 0 Å². The number of thiazole rings is 1. The van der Waals surface area contributed by atoms with Gasteiger partial charge in [-0.05, 0) is 37.3 Å². The Kier molecular flexibility index (Phi) is 4.14. The van der Waals surface area contributed by atoms with Gasteiger partial charge in [-0.2, -0.15) is 0 Å². The lowest BCUT2D eigenvalue weighted by atomic mass is 10.1. The number of carbonyl (C=O) groups is 1. The molecule has 3 heterocycles. The Labute approximate surface area is 131 Å². The van der Waals surface area contributed by atoms with Crippen LogP contribution in [0.3, 0.4) is 0 Å². The van der Waals surface area contributed by atoms with Crippen LogP contribution in [0.2, 0.25) is 0 Å². The third-order valence-corrected chi connectivity index (χ3v) is 6.54. The van der Waals surface area contributed by atoms with E-state index in [1.165, 1.54) is 10.4 Å². The number of fused-ring (bicyclic) bond motifs is 1. The summed E-state index contributed by atoms with van der Waals surface area (Å²) in [5.74, 6) is 0.222. The minimum atomic E-state index is -0.0688. The van der Waals surface area contributed by atoms with Crippen molar-refractivity contribution < 1.29 is 4.79 Å². The first-order valence-electron chi connectivity index (χ1n) is 6.56. The molecule has 6 heteroatoms. The summed E-state index contributed by atoms with van der Waals surface area (Å²) >= 11 is 4.98. The Morgan fingerprint density at radius 2 is 2.35 bits per heavy atom. The molecule has 0 saturated carbocycles. The van der Waals surface area contributed by atoms with Gasteiger partial charge in [-0.25, -0.2) is 4.98 Å². The second-order valence-corrected chi connectivity index (χ2v) is 8.34. The molecule has 0 aromatic carbocycles. The van der Waals surface area contributed by atoms with E-state index in [9.17, 15) is 4.79 Å². The Morgan fingerprint density at radius 3 is 3.10 bits per heavy atom. The zero-order chi connectivity index (χ0) is 14.1. The first-order chi connectivity index (χ1) is 9.63. The standard InChI is InChI=1S/C14H16N2OS3/c1-9-8-19-14(15-9)20-10(2)13(17)16-5-3-12-11(7-16)4-6-18-12/h4,6,8,10H,3,5,7H2,1-2H3. The van der Waals surface area contributed by atoms with Gasteiger partial charge in [-0.1, -0.05) is 11.8 Å². The van der Waals surface area contributed by atoms with Gasteiger partial charge in [0.2, 0.25) is 5.91 Å². The molecule has 2 aromatic rings. The minimum Gasteiger partial charge on any atom is -0.337 e. The van der Waals surface area contributed by atoms with Crippen LogP contribution in [-0.4, -0.2) is 27.6 Å². The molecule has 3 rings (SSSR count). The van der Waals surface area contributed by atoms with Gasteiger partial charge in [0.05, 0.1) is 5.25 Å². The predicted octanol–water partition coefficient (Wildman–Crippen LogP) is 3.58. The number of thioether (sulfide) groups is 1. The molecule has 1 aliphatic heterocycles. The van der Waals surface area contributed by atoms with E-state index in [0.717, 1.165) is 29.5 Å². The fraction of sp³-hybridized carbons (Fsp3) is 0.429. The van der Waals surface area contributed by atoms with E-state index in [1.54, 1.807) is 34.4 Å². The third kappa shape index (κ3) is 2.92. The number of aryl methyl sites for hydroxylation is 1. The van der Waals surface area contributed by atoms with Crippen molar-refractivity contribution in [3.8, 4) is 0 Å². The highest BCUT2D eigenvalue weighted by atomic mass is 32.2. The summed E-state index contributed by atoms with van der Waals surface area (Å²) in [6.45, 7) is 5.57. The number of rotatable bonds is 3. The maximum absolute atomic E-state index is 12.5. The fourth-order valence-electron chi connectivity index (χ4n) is 2.28. The molecule has 0 radical (unpaired) electrons. The SMILES string of the molecule is Cc1csc(SC(C)C(=O)N2CCc3sccc3C2)n1. The zero-order valence-electron chi connectivity index (χ0n) is 11.5. The van der Waals surface area contributed by atoms with Crippen LogP contribution in [0, 0.1) is 6.92 Å². The van der Waals surface area contributed by atoms with Gasteiger partial charge in [0.25, 0.3) is 0 Å². The summed E-state index contributed by atoms with van der Waals surface area (Å²) in [6.07, 6.45) is 0.993. The summed E-state index contributed by atoms with van der Waals surface area (Å²) in [5.41, 5.74) is 2.34. The molecule has 1 atom stereocenters. The maximum Gasteiger partial charge on any atom is 0.236 e. The lowest BCUT2D eigenvalue weighted by molar-refractivity contribution is -0.131. The Morgan fingerprint density at radius 1 is 1.50 bits per heavy atom. The summed E-state index contributed by atoms with van der Waals surface area (Å²) in [5, 5.41) is 4.08. The first-order valence-corrected chi connectivity index (χ1v) is 9.20. The molecule has 0 bridgehead atoms. The van der Waals surface area contributed by atoms with Crippen molar-refractivity contribution in [2.24, 2.45) is 0 Å². The summed E-state index contributed by atoms with van der Waals surface area (Å²) < 4.78 is 0.983. The van der Waals surface area contributed by atoms with Crippen LogP contribution in [0.5, 0.6) is 0 Å². The highest BCUT2D eigenvalue weighted by Gasteiger charge is 2.26. The zero-order valence-corrected chi connectivity index (χ0v) is 13.9. The van der Waals surface area contributed by atoms with Crippen LogP contribution in [0.4, 0.5) is 0 Å². The summed E-state index contributed by atoms with van der Waals surface area (Å²) in [6, 6.07) is 2.14. The quantitative estimate of drug-likeness (QED) is 0.809. The second-order valence-electron chi connectivity index (χ2n) is 4.89. The molecule has 1 aliphatic rings. The monoisotopic (exact) mass is 324 g/mol. The Balaban J connectivity index is 1.64. The summed E-state index contributed by atoms with van der Waals surface area (Å²) in [4.78, 5) is 20.4. The smallest absolute Gasteiger partial charge is 0.236 e. The third-order valence-electron chi connectivity index (χ3n) is 3.34. The molecular weight excluding hydrogens is 308 g/mol. The largest absolute Gasteiger partial charge is 0.337 e. The number of amides is 1. The van der Waals surface area contributed by atoms with Crippen LogP contribution in [0.15, 0.2) is 21.2 Å². The number of thiophene rings is 1. The van der Waals surface area contributed by atoms with E-state index >= 15 is 0 Å². The Bertz CT molecular complexity index is 619. The summed E-state index contributed by atoms with van der Waals surface area (Å²) in [7, 11) is 0. The normalized spacial score (nSPS) is 16.0. The van der Waals surface area contributed by atoms with Gasteiger partial charge >= 0.3 is 0 Å². The van der Waals surface area contributed by atoms with E-state index in [1.807, 2.05) is 24.1 Å². The average molecular weight is 324 g/mol. The van der Waals surface area contributed by atoms with Gasteiger partial charge in [-0.15, -0.1) is 22.7 Å². The average Bonchev–Trinajstić information content (AvgIpc) is 3.05. The molecule has 20 heavy (non-hydrogen) atoms. The number of hydrogen-bond acceptors (Lipinski definition) is 5. The van der Waals surface area contributed by atoms with Gasteiger partial charge < -0.3 is 4.90 Å². The molecular formula is C14H16N2OS3. The number of carbonyl (C=O) groups excluding carboxylic acids is 1. The van der Waals surface area contributed by atoms with E-state index in [-0.39, 0.29) is 11.2 Å². The van der Waals surface area contributed by atoms with Crippen LogP contribution in [0.25, 0.3) is 0 Å². The molecule has 0 fully saturated rings. The van der Waals surface area contributed by atoms with Crippen LogP contribution in [0.1, 0.15) is 23.1 Å². The van der Waals surface area contributed by atoms with Gasteiger partial charge in [0.1, 0.15) is 0 Å². The molecule has 1 unspecified atom stereocenters. The lowest BCUT2D eigenvalue weighted by Crippen LogP contribution is -2.39. The molecule has 0 spiro atoms. The van der Waals surface area contributed by atoms with Gasteiger partial charge in [-0.3, -0.25) is 4.79 Å². The molecule has 1 amide bonds. The van der Waals surface area contributed by atoms with Crippen LogP contribution < -0.4 is 0 Å². The molecule has 2 aromatic heterocycles. The molecule has 3 nitrogen and oxygen atoms in total. The van der Waals surface area contributed by atoms with E-state index in [0.29, 0.717) is 0 Å². The van der Waals surface area contributed by atoms with Crippen molar-refractivity contribution in [2.75, 3.05) is 6.54 Å². The van der Waals surface area contributed by atoms with Crippen molar-refractivity contribution in [2.45, 2.75) is 36.4 Å². The van der Waals surface area contributed by atoms with Crippen molar-refractivity contribution >= 4 is 40.3 Å². The van der Waals surface area contributed by atoms with Crippen LogP contribution >= 0.6 is 34.4 Å². The predicted molar refractivity (Wildman–Crippen MR) is 85.6 cm³/mol. The minimum absolute atomic E-state index is 0.0688. The topological polar surface area (TPSA) is 33.2 Å². The fourth-order valence-corrected chi connectivity index (χ4v) is 5.24. The van der Waals surface area contributed by atoms with Crippen molar-refractivity contribution in [1.82, 2.24) is 9.88 Å². The highest BCUT2D eigenvalue weighted by Crippen LogP contribution is 2.30. The second kappa shape index (κ2) is 5.87. The number of nitrogens with zero attached hydrogens (tertiary/aromatic N) is 2. The lowest BCUT2D eigenvalue weighted by Gasteiger charge is -2.29. The number of hydrogen-bond donors (Lipinski definition) is 0. The number of aromatic nitrogens is 1.